The van der Waals surface area contributed by atoms with Crippen molar-refractivity contribution in [1.82, 2.24) is 14.9 Å². The standard InChI is InChI=1S/C20H25N3O2/c1-15-3-5-16(6-4-15)11-17-9-10-23(13-19(17)25-2)20(24)8-7-18-12-21-14-22-18/h3-8,12,14,17,19H,9-11,13H2,1-2H3,(H,21,22)/t17-,19-/m1/s1. The Bertz CT molecular complexity index is 707. The van der Waals surface area contributed by atoms with E-state index in [9.17, 15) is 4.79 Å². The predicted molar refractivity (Wildman–Crippen MR) is 98.0 cm³/mol. The van der Waals surface area contributed by atoms with Crippen LogP contribution in [-0.2, 0) is 16.0 Å². The molecule has 2 atom stereocenters. The molecule has 1 saturated heterocycles. The molecule has 0 unspecified atom stereocenters. The number of ether oxygens (including phenoxy) is 1. The number of piperidine rings is 1. The number of methoxy groups -OCH3 is 1. The minimum absolute atomic E-state index is 0.0189. The normalized spacial score (nSPS) is 21.0. The largest absolute Gasteiger partial charge is 0.379 e. The molecule has 1 amide bonds. The fraction of sp³-hybridized carbons (Fsp3) is 0.400. The second kappa shape index (κ2) is 8.12. The fourth-order valence-corrected chi connectivity index (χ4v) is 3.32. The molecule has 5 nitrogen and oxygen atoms in total. The lowest BCUT2D eigenvalue weighted by molar-refractivity contribution is -0.131. The molecule has 1 aliphatic heterocycles. The van der Waals surface area contributed by atoms with E-state index in [-0.39, 0.29) is 12.0 Å². The van der Waals surface area contributed by atoms with Crippen molar-refractivity contribution in [3.05, 3.63) is 59.7 Å². The van der Waals surface area contributed by atoms with Gasteiger partial charge in [0.25, 0.3) is 0 Å². The highest BCUT2D eigenvalue weighted by molar-refractivity contribution is 5.91. The van der Waals surface area contributed by atoms with Crippen molar-refractivity contribution in [3.8, 4) is 0 Å². The molecule has 0 radical (unpaired) electrons. The molecular formula is C20H25N3O2. The van der Waals surface area contributed by atoms with Gasteiger partial charge in [0.15, 0.2) is 0 Å². The molecule has 2 aromatic rings. The zero-order chi connectivity index (χ0) is 17.6. The first-order valence-electron chi connectivity index (χ1n) is 8.69. The van der Waals surface area contributed by atoms with Gasteiger partial charge in [0.1, 0.15) is 0 Å². The molecule has 1 aliphatic rings. The Balaban J connectivity index is 1.59. The van der Waals surface area contributed by atoms with Gasteiger partial charge in [0, 0.05) is 26.3 Å². The van der Waals surface area contributed by atoms with Crippen LogP contribution in [0.3, 0.4) is 0 Å². The highest BCUT2D eigenvalue weighted by Gasteiger charge is 2.30. The number of hydrogen-bond donors (Lipinski definition) is 1. The minimum Gasteiger partial charge on any atom is -0.379 e. The second-order valence-electron chi connectivity index (χ2n) is 6.64. The van der Waals surface area contributed by atoms with E-state index in [0.29, 0.717) is 12.5 Å². The number of rotatable bonds is 5. The van der Waals surface area contributed by atoms with E-state index in [4.69, 9.17) is 4.74 Å². The number of benzene rings is 1. The lowest BCUT2D eigenvalue weighted by atomic mass is 9.87. The van der Waals surface area contributed by atoms with Crippen LogP contribution >= 0.6 is 0 Å². The van der Waals surface area contributed by atoms with Crippen LogP contribution in [0.4, 0.5) is 0 Å². The maximum absolute atomic E-state index is 12.4. The Morgan fingerprint density at radius 1 is 1.40 bits per heavy atom. The van der Waals surface area contributed by atoms with Gasteiger partial charge in [0.2, 0.25) is 5.91 Å². The molecule has 5 heteroatoms. The number of H-pyrrole nitrogens is 1. The van der Waals surface area contributed by atoms with Crippen molar-refractivity contribution in [2.24, 2.45) is 5.92 Å². The van der Waals surface area contributed by atoms with Crippen molar-refractivity contribution in [2.75, 3.05) is 20.2 Å². The Labute approximate surface area is 148 Å². The number of nitrogens with one attached hydrogen (secondary N) is 1. The molecular weight excluding hydrogens is 314 g/mol. The highest BCUT2D eigenvalue weighted by Crippen LogP contribution is 2.24. The number of amides is 1. The molecule has 25 heavy (non-hydrogen) atoms. The number of likely N-dealkylation sites (tertiary alicyclic amines) is 1. The molecule has 0 bridgehead atoms. The number of carbonyl (C=O) groups excluding carboxylic acids is 1. The van der Waals surface area contributed by atoms with Gasteiger partial charge in [-0.05, 0) is 37.3 Å². The summed E-state index contributed by atoms with van der Waals surface area (Å²) in [4.78, 5) is 21.2. The number of nitrogens with zero attached hydrogens (tertiary/aromatic N) is 2. The summed E-state index contributed by atoms with van der Waals surface area (Å²) in [5.74, 6) is 0.457. The quantitative estimate of drug-likeness (QED) is 0.852. The van der Waals surface area contributed by atoms with E-state index in [1.807, 2.05) is 4.90 Å². The summed E-state index contributed by atoms with van der Waals surface area (Å²) in [7, 11) is 1.74. The zero-order valence-corrected chi connectivity index (χ0v) is 14.8. The summed E-state index contributed by atoms with van der Waals surface area (Å²) in [6.45, 7) is 3.50. The van der Waals surface area contributed by atoms with Crippen molar-refractivity contribution in [1.29, 1.82) is 0 Å². The summed E-state index contributed by atoms with van der Waals surface area (Å²) in [6, 6.07) is 8.67. The van der Waals surface area contributed by atoms with Gasteiger partial charge in [-0.1, -0.05) is 29.8 Å². The number of aromatic amines is 1. The Hall–Kier alpha value is -2.40. The van der Waals surface area contributed by atoms with Crippen LogP contribution in [0.2, 0.25) is 0 Å². The Kier molecular flexibility index (Phi) is 5.66. The summed E-state index contributed by atoms with van der Waals surface area (Å²) in [5, 5.41) is 0. The summed E-state index contributed by atoms with van der Waals surface area (Å²) >= 11 is 0. The van der Waals surface area contributed by atoms with Crippen LogP contribution in [0, 0.1) is 12.8 Å². The first kappa shape index (κ1) is 17.4. The fourth-order valence-electron chi connectivity index (χ4n) is 3.32. The average molecular weight is 339 g/mol. The predicted octanol–water partition coefficient (Wildman–Crippen LogP) is 2.84. The number of aryl methyl sites for hydroxylation is 1. The first-order chi connectivity index (χ1) is 12.2. The van der Waals surface area contributed by atoms with E-state index in [1.54, 1.807) is 31.8 Å². The summed E-state index contributed by atoms with van der Waals surface area (Å²) in [6.07, 6.45) is 8.66. The zero-order valence-electron chi connectivity index (χ0n) is 14.8. The number of aromatic nitrogens is 2. The highest BCUT2D eigenvalue weighted by atomic mass is 16.5. The molecule has 1 aromatic carbocycles. The topological polar surface area (TPSA) is 58.2 Å². The van der Waals surface area contributed by atoms with Crippen LogP contribution in [-0.4, -0.2) is 47.1 Å². The molecule has 0 spiro atoms. The monoisotopic (exact) mass is 339 g/mol. The average Bonchev–Trinajstić information content (AvgIpc) is 3.15. The van der Waals surface area contributed by atoms with Crippen LogP contribution in [0.1, 0.15) is 23.2 Å². The lowest BCUT2D eigenvalue weighted by Crippen LogP contribution is -2.47. The molecule has 1 N–H and O–H groups in total. The maximum Gasteiger partial charge on any atom is 0.246 e. The van der Waals surface area contributed by atoms with Gasteiger partial charge in [-0.3, -0.25) is 4.79 Å². The van der Waals surface area contributed by atoms with E-state index in [0.717, 1.165) is 25.1 Å². The molecule has 132 valence electrons. The van der Waals surface area contributed by atoms with Crippen molar-refractivity contribution < 1.29 is 9.53 Å². The van der Waals surface area contributed by atoms with Crippen molar-refractivity contribution in [3.63, 3.8) is 0 Å². The Morgan fingerprint density at radius 3 is 2.88 bits per heavy atom. The van der Waals surface area contributed by atoms with Crippen LogP contribution < -0.4 is 0 Å². The minimum atomic E-state index is 0.0189. The Morgan fingerprint density at radius 2 is 2.20 bits per heavy atom. The van der Waals surface area contributed by atoms with Crippen molar-refractivity contribution >= 4 is 12.0 Å². The van der Waals surface area contributed by atoms with Crippen molar-refractivity contribution in [2.45, 2.75) is 25.9 Å². The number of hydrogen-bond acceptors (Lipinski definition) is 3. The lowest BCUT2D eigenvalue weighted by Gasteiger charge is -2.37. The molecule has 1 aromatic heterocycles. The summed E-state index contributed by atoms with van der Waals surface area (Å²) < 4.78 is 5.70. The molecule has 0 saturated carbocycles. The van der Waals surface area contributed by atoms with Gasteiger partial charge in [0.05, 0.1) is 24.3 Å². The van der Waals surface area contributed by atoms with E-state index in [2.05, 4.69) is 41.2 Å². The third kappa shape index (κ3) is 4.57. The smallest absolute Gasteiger partial charge is 0.246 e. The second-order valence-corrected chi connectivity index (χ2v) is 6.64. The van der Waals surface area contributed by atoms with Gasteiger partial charge in [-0.25, -0.2) is 4.98 Å². The molecule has 0 aliphatic carbocycles. The maximum atomic E-state index is 12.4. The van der Waals surface area contributed by atoms with Gasteiger partial charge in [-0.2, -0.15) is 0 Å². The van der Waals surface area contributed by atoms with Gasteiger partial charge in [-0.15, -0.1) is 0 Å². The van der Waals surface area contributed by atoms with Crippen LogP contribution in [0.5, 0.6) is 0 Å². The van der Waals surface area contributed by atoms with E-state index < -0.39 is 0 Å². The van der Waals surface area contributed by atoms with E-state index in [1.165, 1.54) is 11.1 Å². The first-order valence-corrected chi connectivity index (χ1v) is 8.69. The molecule has 1 fully saturated rings. The van der Waals surface area contributed by atoms with Gasteiger partial charge >= 0.3 is 0 Å². The van der Waals surface area contributed by atoms with Gasteiger partial charge < -0.3 is 14.6 Å². The number of imidazole rings is 1. The summed E-state index contributed by atoms with van der Waals surface area (Å²) in [5.41, 5.74) is 3.43. The van der Waals surface area contributed by atoms with Crippen LogP contribution in [0.15, 0.2) is 42.9 Å². The van der Waals surface area contributed by atoms with Crippen LogP contribution in [0.25, 0.3) is 6.08 Å². The molecule has 3 rings (SSSR count). The van der Waals surface area contributed by atoms with E-state index >= 15 is 0 Å². The third-order valence-electron chi connectivity index (χ3n) is 4.85. The third-order valence-corrected chi connectivity index (χ3v) is 4.85. The molecule has 2 heterocycles. The number of carbonyl (C=O) groups is 1. The SMILES string of the molecule is CO[C@@H]1CN(C(=O)C=Cc2cnc[nH]2)CC[C@@H]1Cc1ccc(C)cc1.